The molecule has 1 amide bonds. The van der Waals surface area contributed by atoms with E-state index in [1.807, 2.05) is 0 Å². The summed E-state index contributed by atoms with van der Waals surface area (Å²) in [6, 6.07) is 3.37. The first-order chi connectivity index (χ1) is 11.6. The van der Waals surface area contributed by atoms with Crippen molar-refractivity contribution >= 4 is 52.3 Å². The molecule has 0 spiro atoms. The molecule has 0 unspecified atom stereocenters. The molecule has 10 heteroatoms. The number of nitrogens with zero attached hydrogens (tertiary/aromatic N) is 2. The molecular weight excluding hydrogens is 382 g/mol. The second kappa shape index (κ2) is 7.32. The Balaban J connectivity index is 2.30. The Morgan fingerprint density at radius 3 is 2.68 bits per heavy atom. The number of carbonyl (C=O) groups is 1. The molecule has 0 aliphatic carbocycles. The average Bonchev–Trinajstić information content (AvgIpc) is 2.85. The number of hydrogen-bond acceptors (Lipinski definition) is 4. The smallest absolute Gasteiger partial charge is 0.298 e. The third kappa shape index (κ3) is 4.64. The molecule has 0 saturated carbocycles. The van der Waals surface area contributed by atoms with Crippen molar-refractivity contribution in [2.75, 3.05) is 12.4 Å². The van der Waals surface area contributed by atoms with Gasteiger partial charge in [-0.1, -0.05) is 29.5 Å². The number of carbonyl (C=O) groups excluding carboxylic acids is 1. The number of aliphatic imine (C=N–C) groups is 1. The lowest BCUT2D eigenvalue weighted by Crippen LogP contribution is -2.27. The quantitative estimate of drug-likeness (QED) is 0.646. The fraction of sp³-hybridized carbons (Fsp3) is 0.133. The highest BCUT2D eigenvalue weighted by Crippen LogP contribution is 2.19. The Labute approximate surface area is 148 Å². The fourth-order valence-electron chi connectivity index (χ4n) is 1.73. The number of aromatic nitrogens is 1. The number of hydrogen-bond donors (Lipinski definition) is 1. The fourth-order valence-corrected chi connectivity index (χ4v) is 2.76. The zero-order valence-electron chi connectivity index (χ0n) is 12.6. The van der Waals surface area contributed by atoms with Crippen molar-refractivity contribution in [3.63, 3.8) is 0 Å². The van der Waals surface area contributed by atoms with Crippen molar-refractivity contribution in [2.24, 2.45) is 4.99 Å². The van der Waals surface area contributed by atoms with Gasteiger partial charge in [-0.05, 0) is 24.3 Å². The van der Waals surface area contributed by atoms with Gasteiger partial charge in [0.25, 0.3) is 5.91 Å². The van der Waals surface area contributed by atoms with E-state index in [0.29, 0.717) is 0 Å². The highest BCUT2D eigenvalue weighted by Gasteiger charge is 2.33. The Hall–Kier alpha value is -2.26. The van der Waals surface area contributed by atoms with Gasteiger partial charge in [0.15, 0.2) is 5.13 Å². The lowest BCUT2D eigenvalue weighted by molar-refractivity contribution is -0.0569. The number of benzene rings is 1. The topological polar surface area (TPSA) is 54.4 Å². The highest BCUT2D eigenvalue weighted by molar-refractivity contribution is 7.13. The standard InChI is InChI=1S/C15H10ClF4N3OS/c1-7-11(6-12(21-2)15(18,19)20)25-14(22-7)23-13(24)8-3-4-10(17)9(16)5-8/h3-6H,1H2,2H3,(H,22,23,24)/b11-6+,21-12+. The summed E-state index contributed by atoms with van der Waals surface area (Å²) in [6.07, 6.45) is -3.82. The normalized spacial score (nSPS) is 13.2. The van der Waals surface area contributed by atoms with Crippen LogP contribution >= 0.6 is 22.9 Å². The van der Waals surface area contributed by atoms with Crippen LogP contribution in [0.2, 0.25) is 5.02 Å². The number of rotatable bonds is 3. The molecule has 1 N–H and O–H groups in total. The summed E-state index contributed by atoms with van der Waals surface area (Å²) in [5.41, 5.74) is -1.02. The van der Waals surface area contributed by atoms with Crippen LogP contribution in [0.5, 0.6) is 0 Å². The molecule has 0 fully saturated rings. The Morgan fingerprint density at radius 2 is 2.12 bits per heavy atom. The third-order valence-electron chi connectivity index (χ3n) is 2.93. The van der Waals surface area contributed by atoms with Crippen molar-refractivity contribution in [3.05, 3.63) is 44.5 Å². The molecule has 1 heterocycles. The van der Waals surface area contributed by atoms with Gasteiger partial charge in [0.05, 0.1) is 14.9 Å². The number of halogens is 5. The first-order valence-corrected chi connectivity index (χ1v) is 7.79. The first-order valence-electron chi connectivity index (χ1n) is 6.59. The minimum atomic E-state index is -4.61. The molecular formula is C15H10ClF4N3OS. The predicted molar refractivity (Wildman–Crippen MR) is 90.1 cm³/mol. The van der Waals surface area contributed by atoms with Gasteiger partial charge < -0.3 is 0 Å². The maximum atomic E-state index is 13.1. The van der Waals surface area contributed by atoms with Crippen LogP contribution in [0, 0.1) is 5.82 Å². The first kappa shape index (κ1) is 19.1. The van der Waals surface area contributed by atoms with Gasteiger partial charge in [0, 0.05) is 12.6 Å². The van der Waals surface area contributed by atoms with E-state index < -0.39 is 23.6 Å². The van der Waals surface area contributed by atoms with Crippen LogP contribution in [-0.2, 0) is 0 Å². The minimum Gasteiger partial charge on any atom is -0.298 e. The zero-order chi connectivity index (χ0) is 18.8. The number of amides is 1. The van der Waals surface area contributed by atoms with Gasteiger partial charge in [-0.15, -0.1) is 0 Å². The summed E-state index contributed by atoms with van der Waals surface area (Å²) in [7, 11) is 1.02. The van der Waals surface area contributed by atoms with Crippen molar-refractivity contribution < 1.29 is 22.4 Å². The summed E-state index contributed by atoms with van der Waals surface area (Å²) < 4.78 is 51.4. The largest absolute Gasteiger partial charge is 0.432 e. The number of thiazole rings is 1. The molecule has 0 aliphatic heterocycles. The van der Waals surface area contributed by atoms with Crippen LogP contribution in [0.1, 0.15) is 10.4 Å². The average molecular weight is 392 g/mol. The lowest BCUT2D eigenvalue weighted by Gasteiger charge is -2.03. The highest BCUT2D eigenvalue weighted by atomic mass is 35.5. The molecule has 1 aromatic carbocycles. The molecule has 0 radical (unpaired) electrons. The molecule has 2 aromatic rings. The third-order valence-corrected chi connectivity index (χ3v) is 4.18. The van der Waals surface area contributed by atoms with E-state index in [1.54, 1.807) is 0 Å². The molecule has 2 rings (SSSR count). The summed E-state index contributed by atoms with van der Waals surface area (Å²) in [5, 5.41) is 2.27. The van der Waals surface area contributed by atoms with Gasteiger partial charge in [-0.3, -0.25) is 15.1 Å². The second-order valence-electron chi connectivity index (χ2n) is 4.66. The lowest BCUT2D eigenvalue weighted by atomic mass is 10.2. The predicted octanol–water partition coefficient (Wildman–Crippen LogP) is 3.01. The van der Waals surface area contributed by atoms with Gasteiger partial charge in [-0.2, -0.15) is 13.2 Å². The molecule has 0 saturated heterocycles. The Morgan fingerprint density at radius 1 is 1.44 bits per heavy atom. The number of anilines is 1. The second-order valence-corrected chi connectivity index (χ2v) is 6.10. The van der Waals surface area contributed by atoms with Gasteiger partial charge >= 0.3 is 6.18 Å². The monoisotopic (exact) mass is 391 g/mol. The van der Waals surface area contributed by atoms with Crippen LogP contribution in [0.25, 0.3) is 12.7 Å². The van der Waals surface area contributed by atoms with Crippen molar-refractivity contribution in [1.82, 2.24) is 4.98 Å². The van der Waals surface area contributed by atoms with Gasteiger partial charge in [0.2, 0.25) is 0 Å². The number of alkyl halides is 3. The van der Waals surface area contributed by atoms with E-state index in [9.17, 15) is 22.4 Å². The molecule has 132 valence electrons. The Bertz CT molecular complexity index is 953. The summed E-state index contributed by atoms with van der Waals surface area (Å²) in [6.45, 7) is 3.54. The van der Waals surface area contributed by atoms with Gasteiger partial charge in [-0.25, -0.2) is 9.37 Å². The summed E-state index contributed by atoms with van der Waals surface area (Å²) >= 11 is 6.40. The van der Waals surface area contributed by atoms with Crippen LogP contribution in [0.3, 0.4) is 0 Å². The van der Waals surface area contributed by atoms with E-state index in [0.717, 1.165) is 36.6 Å². The van der Waals surface area contributed by atoms with E-state index in [-0.39, 0.29) is 25.6 Å². The molecule has 1 aromatic heterocycles. The minimum absolute atomic E-state index is 0.0410. The van der Waals surface area contributed by atoms with Crippen molar-refractivity contribution in [2.45, 2.75) is 6.18 Å². The van der Waals surface area contributed by atoms with Crippen LogP contribution in [-0.4, -0.2) is 29.8 Å². The van der Waals surface area contributed by atoms with Crippen LogP contribution < -0.4 is 15.2 Å². The SMILES string of the molecule is C=c1nc(NC(=O)c2ccc(F)c(Cl)c2)s/c1=C/C(=N\C)C(F)(F)F. The van der Waals surface area contributed by atoms with E-state index >= 15 is 0 Å². The number of nitrogens with one attached hydrogen (secondary N) is 1. The van der Waals surface area contributed by atoms with E-state index in [4.69, 9.17) is 11.6 Å². The van der Waals surface area contributed by atoms with Crippen LogP contribution in [0.4, 0.5) is 22.7 Å². The van der Waals surface area contributed by atoms with Crippen molar-refractivity contribution in [3.8, 4) is 0 Å². The summed E-state index contributed by atoms with van der Waals surface area (Å²) in [4.78, 5) is 19.2. The van der Waals surface area contributed by atoms with Crippen LogP contribution in [0.15, 0.2) is 23.2 Å². The molecule has 0 aliphatic rings. The molecule has 25 heavy (non-hydrogen) atoms. The van der Waals surface area contributed by atoms with E-state index in [1.165, 1.54) is 6.07 Å². The maximum absolute atomic E-state index is 13.1. The molecule has 4 nitrogen and oxygen atoms in total. The van der Waals surface area contributed by atoms with Gasteiger partial charge in [0.1, 0.15) is 11.5 Å². The maximum Gasteiger partial charge on any atom is 0.432 e. The molecule has 0 atom stereocenters. The van der Waals surface area contributed by atoms with Crippen molar-refractivity contribution in [1.29, 1.82) is 0 Å². The molecule has 0 bridgehead atoms. The Kier molecular flexibility index (Phi) is 5.58. The summed E-state index contributed by atoms with van der Waals surface area (Å²) in [5.74, 6) is -1.31. The van der Waals surface area contributed by atoms with E-state index in [2.05, 4.69) is 21.9 Å². The zero-order valence-corrected chi connectivity index (χ0v) is 14.2.